The van der Waals surface area contributed by atoms with Crippen molar-refractivity contribution in [3.63, 3.8) is 0 Å². The molecule has 0 bridgehead atoms. The molecule has 3 atom stereocenters. The number of carboxylic acids is 1. The van der Waals surface area contributed by atoms with Crippen LogP contribution in [0.1, 0.15) is 66.4 Å². The standard InChI is InChI=1S/C33H46N2O6S2/c1-23-9-7-8-12-28(23)30-17-25(13-14-29(30)32(36)34-31(33(37)38)15-16-42-2)19-35-20-27(43(3,39)40)18-26(35)22-41-21-24-10-5-4-6-11-24/h7-9,12-14,17,24,26-27,31H,4-6,10-11,15-16,18-22H2,1-3H3,(H,34,36)(H,37,38)/t26-,27-,31+/m1/s1. The molecule has 0 spiro atoms. The van der Waals surface area contributed by atoms with Gasteiger partial charge in [0.1, 0.15) is 6.04 Å². The largest absolute Gasteiger partial charge is 0.480 e. The number of ether oxygens (including phenoxy) is 1. The summed E-state index contributed by atoms with van der Waals surface area (Å²) in [5, 5.41) is 12.0. The monoisotopic (exact) mass is 630 g/mol. The van der Waals surface area contributed by atoms with Gasteiger partial charge in [0.05, 0.1) is 11.9 Å². The second-order valence-corrected chi connectivity index (χ2v) is 15.5. The fourth-order valence-corrected chi connectivity index (χ4v) is 7.79. The van der Waals surface area contributed by atoms with Gasteiger partial charge in [-0.05, 0) is 84.9 Å². The first-order valence-corrected chi connectivity index (χ1v) is 18.6. The molecule has 0 unspecified atom stereocenters. The Kier molecular flexibility index (Phi) is 12.1. The molecule has 0 aromatic heterocycles. The van der Waals surface area contributed by atoms with E-state index in [1.54, 1.807) is 6.07 Å². The molecule has 43 heavy (non-hydrogen) atoms. The summed E-state index contributed by atoms with van der Waals surface area (Å²) in [7, 11) is -3.21. The first-order valence-electron chi connectivity index (χ1n) is 15.3. The van der Waals surface area contributed by atoms with Crippen LogP contribution in [0.4, 0.5) is 0 Å². The number of likely N-dealkylation sites (tertiary alicyclic amines) is 1. The molecule has 2 fully saturated rings. The number of nitrogens with one attached hydrogen (secondary N) is 1. The zero-order valence-electron chi connectivity index (χ0n) is 25.6. The number of rotatable bonds is 14. The van der Waals surface area contributed by atoms with E-state index in [1.165, 1.54) is 50.1 Å². The number of aryl methyl sites for hydroxylation is 1. The molecule has 1 saturated carbocycles. The molecule has 1 aliphatic carbocycles. The number of carboxylic acid groups (broad SMARTS) is 1. The molecule has 1 amide bonds. The summed E-state index contributed by atoms with van der Waals surface area (Å²) < 4.78 is 31.3. The summed E-state index contributed by atoms with van der Waals surface area (Å²) in [4.78, 5) is 27.5. The van der Waals surface area contributed by atoms with Gasteiger partial charge in [0, 0.05) is 37.6 Å². The number of thioether (sulfide) groups is 1. The van der Waals surface area contributed by atoms with Crippen LogP contribution in [0.2, 0.25) is 0 Å². The van der Waals surface area contributed by atoms with Gasteiger partial charge in [-0.2, -0.15) is 11.8 Å². The Morgan fingerprint density at radius 1 is 1.09 bits per heavy atom. The lowest BCUT2D eigenvalue weighted by molar-refractivity contribution is -0.139. The van der Waals surface area contributed by atoms with Crippen LogP contribution in [0.15, 0.2) is 42.5 Å². The summed E-state index contributed by atoms with van der Waals surface area (Å²) in [6, 6.07) is 12.5. The summed E-state index contributed by atoms with van der Waals surface area (Å²) in [6.07, 6.45) is 10.3. The number of nitrogens with zero attached hydrogens (tertiary/aromatic N) is 1. The van der Waals surface area contributed by atoms with Gasteiger partial charge in [-0.15, -0.1) is 0 Å². The van der Waals surface area contributed by atoms with Gasteiger partial charge < -0.3 is 15.2 Å². The first kappa shape index (κ1) is 33.5. The van der Waals surface area contributed by atoms with Crippen molar-refractivity contribution in [2.24, 2.45) is 5.92 Å². The zero-order chi connectivity index (χ0) is 31.0. The van der Waals surface area contributed by atoms with Crippen molar-refractivity contribution in [2.45, 2.75) is 75.7 Å². The first-order chi connectivity index (χ1) is 20.6. The van der Waals surface area contributed by atoms with E-state index in [4.69, 9.17) is 4.74 Å². The fraction of sp³-hybridized carbons (Fsp3) is 0.576. The summed E-state index contributed by atoms with van der Waals surface area (Å²) in [6.45, 7) is 4.17. The minimum absolute atomic E-state index is 0.0130. The highest BCUT2D eigenvalue weighted by atomic mass is 32.2. The van der Waals surface area contributed by atoms with Gasteiger partial charge in [0.15, 0.2) is 9.84 Å². The van der Waals surface area contributed by atoms with Crippen molar-refractivity contribution < 1.29 is 27.9 Å². The van der Waals surface area contributed by atoms with Crippen LogP contribution in [0.3, 0.4) is 0 Å². The Balaban J connectivity index is 1.57. The summed E-state index contributed by atoms with van der Waals surface area (Å²) in [5.74, 6) is -0.268. The highest BCUT2D eigenvalue weighted by molar-refractivity contribution is 7.98. The van der Waals surface area contributed by atoms with Crippen LogP contribution in [0.5, 0.6) is 0 Å². The molecule has 0 radical (unpaired) electrons. The van der Waals surface area contributed by atoms with Gasteiger partial charge in [-0.1, -0.05) is 49.6 Å². The van der Waals surface area contributed by atoms with Crippen molar-refractivity contribution in [3.05, 3.63) is 59.2 Å². The topological polar surface area (TPSA) is 113 Å². The van der Waals surface area contributed by atoms with Crippen LogP contribution in [0.25, 0.3) is 11.1 Å². The zero-order valence-corrected chi connectivity index (χ0v) is 27.2. The van der Waals surface area contributed by atoms with Crippen LogP contribution in [0, 0.1) is 12.8 Å². The van der Waals surface area contributed by atoms with Crippen LogP contribution < -0.4 is 5.32 Å². The molecule has 2 aromatic carbocycles. The predicted molar refractivity (Wildman–Crippen MR) is 173 cm³/mol. The Morgan fingerprint density at radius 3 is 2.51 bits per heavy atom. The molecule has 8 nitrogen and oxygen atoms in total. The Labute approximate surface area is 260 Å². The molecular weight excluding hydrogens is 585 g/mol. The van der Waals surface area contributed by atoms with Crippen LogP contribution in [-0.4, -0.2) is 85.7 Å². The predicted octanol–water partition coefficient (Wildman–Crippen LogP) is 5.18. The van der Waals surface area contributed by atoms with Crippen molar-refractivity contribution in [1.29, 1.82) is 0 Å². The van der Waals surface area contributed by atoms with E-state index in [0.717, 1.165) is 28.9 Å². The van der Waals surface area contributed by atoms with E-state index < -0.39 is 33.0 Å². The fourth-order valence-electron chi connectivity index (χ4n) is 6.29. The van der Waals surface area contributed by atoms with Crippen LogP contribution >= 0.6 is 11.8 Å². The lowest BCUT2D eigenvalue weighted by Gasteiger charge is -2.27. The summed E-state index contributed by atoms with van der Waals surface area (Å²) >= 11 is 1.54. The van der Waals surface area contributed by atoms with E-state index >= 15 is 0 Å². The van der Waals surface area contributed by atoms with Gasteiger partial charge in [-0.3, -0.25) is 9.69 Å². The Morgan fingerprint density at radius 2 is 1.84 bits per heavy atom. The maximum absolute atomic E-state index is 13.5. The average Bonchev–Trinajstić information content (AvgIpc) is 3.39. The third-order valence-corrected chi connectivity index (χ3v) is 11.0. The normalized spacial score (nSPS) is 20.6. The minimum Gasteiger partial charge on any atom is -0.480 e. The number of sulfone groups is 1. The number of aliphatic carboxylic acids is 1. The van der Waals surface area contributed by atoms with E-state index in [0.29, 0.717) is 49.8 Å². The lowest BCUT2D eigenvalue weighted by Crippen LogP contribution is -2.41. The third kappa shape index (κ3) is 9.30. The highest BCUT2D eigenvalue weighted by Gasteiger charge is 2.37. The molecule has 10 heteroatoms. The van der Waals surface area contributed by atoms with Crippen molar-refractivity contribution >= 4 is 33.5 Å². The quantitative estimate of drug-likeness (QED) is 0.294. The van der Waals surface area contributed by atoms with Crippen LogP contribution in [-0.2, 0) is 25.9 Å². The number of benzene rings is 2. The van der Waals surface area contributed by atoms with Crippen molar-refractivity contribution in [3.8, 4) is 11.1 Å². The maximum atomic E-state index is 13.5. The van der Waals surface area contributed by atoms with E-state index in [2.05, 4.69) is 10.2 Å². The van der Waals surface area contributed by atoms with E-state index in [-0.39, 0.29) is 6.04 Å². The number of hydrogen-bond acceptors (Lipinski definition) is 7. The molecular formula is C33H46N2O6S2. The number of carbonyl (C=O) groups excluding carboxylic acids is 1. The second kappa shape index (κ2) is 15.5. The minimum atomic E-state index is -3.21. The molecule has 1 aliphatic heterocycles. The molecule has 236 valence electrons. The van der Waals surface area contributed by atoms with Gasteiger partial charge >= 0.3 is 5.97 Å². The van der Waals surface area contributed by atoms with Crippen molar-refractivity contribution in [2.75, 3.05) is 38.0 Å². The van der Waals surface area contributed by atoms with Gasteiger partial charge in [0.2, 0.25) is 0 Å². The van der Waals surface area contributed by atoms with Crippen molar-refractivity contribution in [1.82, 2.24) is 10.2 Å². The molecule has 4 rings (SSSR count). The second-order valence-electron chi connectivity index (χ2n) is 12.2. The molecule has 2 aliphatic rings. The molecule has 2 aromatic rings. The number of carbonyl (C=O) groups is 2. The van der Waals surface area contributed by atoms with E-state index in [9.17, 15) is 23.1 Å². The van der Waals surface area contributed by atoms with Gasteiger partial charge in [-0.25, -0.2) is 13.2 Å². The Bertz CT molecular complexity index is 1360. The summed E-state index contributed by atoms with van der Waals surface area (Å²) in [5.41, 5.74) is 3.99. The lowest BCUT2D eigenvalue weighted by atomic mass is 9.90. The third-order valence-electron chi connectivity index (χ3n) is 8.85. The van der Waals surface area contributed by atoms with Gasteiger partial charge in [0.25, 0.3) is 5.91 Å². The smallest absolute Gasteiger partial charge is 0.326 e. The Hall–Kier alpha value is -2.40. The SMILES string of the molecule is CSCC[C@H](NC(=O)c1ccc(CN2C[C@H](S(C)(=O)=O)C[C@@H]2COCC2CCCCC2)cc1-c1ccccc1C)C(=O)O. The molecule has 1 heterocycles. The molecule has 2 N–H and O–H groups in total. The number of amides is 1. The highest BCUT2D eigenvalue weighted by Crippen LogP contribution is 2.31. The van der Waals surface area contributed by atoms with E-state index in [1.807, 2.05) is 49.6 Å². The maximum Gasteiger partial charge on any atom is 0.326 e. The number of hydrogen-bond donors (Lipinski definition) is 2. The molecule has 1 saturated heterocycles. The average molecular weight is 631 g/mol.